The van der Waals surface area contributed by atoms with Crippen molar-refractivity contribution in [3.8, 4) is 22.9 Å². The van der Waals surface area contributed by atoms with Crippen LogP contribution in [-0.2, 0) is 0 Å². The first-order valence-electron chi connectivity index (χ1n) is 15.4. The van der Waals surface area contributed by atoms with Crippen LogP contribution >= 0.6 is 0 Å². The SMILES string of the molecule is CN1CCCC1COc1nc(N2CC3CCC(C2)N3c2cnccn2)c2ccc(-c3cc(O)cc4ccccc34)c(F)c2n1. The zero-order valence-corrected chi connectivity index (χ0v) is 24.6. The number of anilines is 2. The van der Waals surface area contributed by atoms with Gasteiger partial charge in [0.15, 0.2) is 5.82 Å². The molecule has 0 aliphatic carbocycles. The summed E-state index contributed by atoms with van der Waals surface area (Å²) in [6, 6.07) is 15.6. The van der Waals surface area contributed by atoms with E-state index in [-0.39, 0.29) is 35.4 Å². The molecule has 0 spiro atoms. The van der Waals surface area contributed by atoms with Crippen molar-refractivity contribution >= 4 is 33.3 Å². The topological polar surface area (TPSA) is 90.7 Å². The lowest BCUT2D eigenvalue weighted by Gasteiger charge is -2.42. The van der Waals surface area contributed by atoms with Crippen LogP contribution in [-0.4, -0.2) is 81.4 Å². The number of halogens is 1. The predicted molar refractivity (Wildman–Crippen MR) is 169 cm³/mol. The van der Waals surface area contributed by atoms with Crippen molar-refractivity contribution in [3.05, 3.63) is 72.9 Å². The second-order valence-corrected chi connectivity index (χ2v) is 12.2. The van der Waals surface area contributed by atoms with E-state index in [1.165, 1.54) is 0 Å². The maximum absolute atomic E-state index is 16.7. The summed E-state index contributed by atoms with van der Waals surface area (Å²) in [5.74, 6) is 1.21. The summed E-state index contributed by atoms with van der Waals surface area (Å²) in [6.07, 6.45) is 9.52. The molecular formula is C34H34FN7O2. The van der Waals surface area contributed by atoms with Gasteiger partial charge in [0, 0.05) is 54.6 Å². The number of hydrogen-bond donors (Lipinski definition) is 1. The third-order valence-electron chi connectivity index (χ3n) is 9.57. The quantitative estimate of drug-likeness (QED) is 0.278. The Morgan fingerprint density at radius 1 is 0.955 bits per heavy atom. The lowest BCUT2D eigenvalue weighted by molar-refractivity contribution is 0.188. The molecule has 0 radical (unpaired) electrons. The number of phenolic OH excluding ortho intramolecular Hbond substituents is 1. The number of likely N-dealkylation sites (N-methyl/N-ethyl adjacent to an activating group) is 1. The van der Waals surface area contributed by atoms with Crippen LogP contribution in [0.1, 0.15) is 25.7 Å². The Kier molecular flexibility index (Phi) is 6.66. The fraction of sp³-hybridized carbons (Fsp3) is 0.353. The number of nitrogens with zero attached hydrogens (tertiary/aromatic N) is 7. The van der Waals surface area contributed by atoms with E-state index >= 15 is 4.39 Å². The average Bonchev–Trinajstić information content (AvgIpc) is 3.58. The molecule has 224 valence electrons. The van der Waals surface area contributed by atoms with Gasteiger partial charge in [-0.05, 0) is 73.8 Å². The molecule has 9 nitrogen and oxygen atoms in total. The number of aromatic nitrogens is 4. The molecule has 0 saturated carbocycles. The summed E-state index contributed by atoms with van der Waals surface area (Å²) in [5, 5.41) is 12.8. The molecular weight excluding hydrogens is 557 g/mol. The molecule has 3 aliphatic heterocycles. The van der Waals surface area contributed by atoms with Crippen LogP contribution in [0.15, 0.2) is 67.1 Å². The molecule has 2 aromatic heterocycles. The van der Waals surface area contributed by atoms with Gasteiger partial charge in [0.2, 0.25) is 0 Å². The number of benzene rings is 3. The van der Waals surface area contributed by atoms with E-state index in [0.717, 1.165) is 61.9 Å². The van der Waals surface area contributed by atoms with Crippen molar-refractivity contribution in [2.45, 2.75) is 43.8 Å². The molecule has 3 unspecified atom stereocenters. The summed E-state index contributed by atoms with van der Waals surface area (Å²) in [5.41, 5.74) is 1.22. The molecule has 3 aromatic carbocycles. The van der Waals surface area contributed by atoms with Gasteiger partial charge in [-0.3, -0.25) is 4.98 Å². The largest absolute Gasteiger partial charge is 0.508 e. The molecule has 5 heterocycles. The third-order valence-corrected chi connectivity index (χ3v) is 9.57. The van der Waals surface area contributed by atoms with Crippen LogP contribution in [0, 0.1) is 5.82 Å². The second-order valence-electron chi connectivity index (χ2n) is 12.2. The number of fused-ring (bicyclic) bond motifs is 4. The Balaban J connectivity index is 1.22. The zero-order chi connectivity index (χ0) is 29.8. The number of aromatic hydroxyl groups is 1. The molecule has 3 aliphatic rings. The number of rotatable bonds is 6. The highest BCUT2D eigenvalue weighted by atomic mass is 19.1. The van der Waals surface area contributed by atoms with Crippen molar-refractivity contribution in [3.63, 3.8) is 0 Å². The Morgan fingerprint density at radius 2 is 1.80 bits per heavy atom. The van der Waals surface area contributed by atoms with Gasteiger partial charge in [-0.1, -0.05) is 30.3 Å². The molecule has 3 saturated heterocycles. The van der Waals surface area contributed by atoms with E-state index in [9.17, 15) is 5.11 Å². The van der Waals surface area contributed by atoms with Crippen molar-refractivity contribution in [1.82, 2.24) is 24.8 Å². The summed E-state index contributed by atoms with van der Waals surface area (Å²) in [4.78, 5) is 25.4. The highest BCUT2D eigenvalue weighted by Gasteiger charge is 2.41. The molecule has 0 amide bonds. The molecule has 44 heavy (non-hydrogen) atoms. The van der Waals surface area contributed by atoms with Crippen LogP contribution in [0.25, 0.3) is 32.8 Å². The Labute approximate surface area is 255 Å². The summed E-state index contributed by atoms with van der Waals surface area (Å²) in [7, 11) is 2.10. The van der Waals surface area contributed by atoms with E-state index in [2.05, 4.69) is 36.7 Å². The molecule has 8 rings (SSSR count). The Bertz CT molecular complexity index is 1840. The normalized spacial score (nSPS) is 21.9. The molecule has 3 atom stereocenters. The zero-order valence-electron chi connectivity index (χ0n) is 24.6. The van der Waals surface area contributed by atoms with E-state index < -0.39 is 5.82 Å². The third kappa shape index (κ3) is 4.64. The van der Waals surface area contributed by atoms with Crippen LogP contribution in [0.5, 0.6) is 11.8 Å². The molecule has 1 N–H and O–H groups in total. The summed E-state index contributed by atoms with van der Waals surface area (Å²) in [6.45, 7) is 2.94. The number of phenols is 1. The van der Waals surface area contributed by atoms with E-state index in [4.69, 9.17) is 9.72 Å². The highest BCUT2D eigenvalue weighted by Crippen LogP contribution is 2.40. The number of hydrogen-bond acceptors (Lipinski definition) is 9. The monoisotopic (exact) mass is 591 g/mol. The van der Waals surface area contributed by atoms with E-state index in [0.29, 0.717) is 28.9 Å². The van der Waals surface area contributed by atoms with Crippen LogP contribution in [0.3, 0.4) is 0 Å². The van der Waals surface area contributed by atoms with Gasteiger partial charge in [0.25, 0.3) is 0 Å². The predicted octanol–water partition coefficient (Wildman–Crippen LogP) is 5.42. The number of ether oxygens (including phenoxy) is 1. The Morgan fingerprint density at radius 3 is 2.57 bits per heavy atom. The van der Waals surface area contributed by atoms with Gasteiger partial charge < -0.3 is 24.5 Å². The smallest absolute Gasteiger partial charge is 0.319 e. The van der Waals surface area contributed by atoms with Gasteiger partial charge in [-0.25, -0.2) is 9.37 Å². The summed E-state index contributed by atoms with van der Waals surface area (Å²) >= 11 is 0. The average molecular weight is 592 g/mol. The molecule has 10 heteroatoms. The maximum Gasteiger partial charge on any atom is 0.319 e. The minimum atomic E-state index is -0.453. The van der Waals surface area contributed by atoms with Gasteiger partial charge in [0.05, 0.1) is 6.20 Å². The van der Waals surface area contributed by atoms with Gasteiger partial charge in [-0.2, -0.15) is 9.97 Å². The fourth-order valence-electron chi connectivity index (χ4n) is 7.39. The van der Waals surface area contributed by atoms with Crippen LogP contribution < -0.4 is 14.5 Å². The van der Waals surface area contributed by atoms with Crippen molar-refractivity contribution < 1.29 is 14.2 Å². The van der Waals surface area contributed by atoms with Gasteiger partial charge in [0.1, 0.15) is 29.5 Å². The first kappa shape index (κ1) is 27.0. The minimum absolute atomic E-state index is 0.0859. The standard InChI is InChI=1S/C34H34FN7O2/c1-40-14-4-6-24(40)20-44-34-38-32-28(11-10-27(31(32)35)29-16-25(43)15-21-5-2-3-7-26(21)29)33(39-34)41-18-22-8-9-23(19-41)42(22)30-17-36-12-13-37-30/h2-3,5,7,10-13,15-17,22-24,43H,4,6,8-9,14,18-20H2,1H3. The second kappa shape index (κ2) is 10.9. The number of likely N-dealkylation sites (tertiary alicyclic amines) is 1. The lowest BCUT2D eigenvalue weighted by atomic mass is 9.96. The lowest BCUT2D eigenvalue weighted by Crippen LogP contribution is -2.54. The van der Waals surface area contributed by atoms with Crippen LogP contribution in [0.2, 0.25) is 0 Å². The van der Waals surface area contributed by atoms with Gasteiger partial charge in [-0.15, -0.1) is 0 Å². The number of piperazine rings is 1. The molecule has 5 aromatic rings. The highest BCUT2D eigenvalue weighted by molar-refractivity contribution is 6.01. The molecule has 3 fully saturated rings. The molecule has 2 bridgehead atoms. The van der Waals surface area contributed by atoms with E-state index in [1.807, 2.05) is 36.5 Å². The van der Waals surface area contributed by atoms with Crippen LogP contribution in [0.4, 0.5) is 16.0 Å². The first-order chi connectivity index (χ1) is 21.5. The Hall–Kier alpha value is -4.57. The van der Waals surface area contributed by atoms with E-state index in [1.54, 1.807) is 30.6 Å². The maximum atomic E-state index is 16.7. The van der Waals surface area contributed by atoms with Crippen molar-refractivity contribution in [1.29, 1.82) is 0 Å². The first-order valence-corrected chi connectivity index (χ1v) is 15.4. The van der Waals surface area contributed by atoms with Gasteiger partial charge >= 0.3 is 6.01 Å². The fourth-order valence-corrected chi connectivity index (χ4v) is 7.39. The minimum Gasteiger partial charge on any atom is -0.508 e. The summed E-state index contributed by atoms with van der Waals surface area (Å²) < 4.78 is 22.9. The van der Waals surface area contributed by atoms with Crippen molar-refractivity contribution in [2.24, 2.45) is 0 Å². The van der Waals surface area contributed by atoms with Crippen molar-refractivity contribution in [2.75, 3.05) is 43.1 Å².